The predicted molar refractivity (Wildman–Crippen MR) is 57.7 cm³/mol. The average Bonchev–Trinajstić information content (AvgIpc) is 2.11. The van der Waals surface area contributed by atoms with Crippen LogP contribution in [0.4, 0.5) is 0 Å². The van der Waals surface area contributed by atoms with Gasteiger partial charge in [-0.3, -0.25) is 4.90 Å². The molecule has 0 fully saturated rings. The molecule has 1 N–H and O–H groups in total. The Morgan fingerprint density at radius 3 is 2.15 bits per heavy atom. The summed E-state index contributed by atoms with van der Waals surface area (Å²) in [5, 5.41) is 9.54. The minimum absolute atomic E-state index is 0.299. The monoisotopic (exact) mass is 187 g/mol. The smallest absolute Gasteiger partial charge is 0.104 e. The first-order valence-electron chi connectivity index (χ1n) is 5.61. The predicted octanol–water partition coefficient (Wildman–Crippen LogP) is 2.62. The molecule has 2 heteroatoms. The minimum atomic E-state index is -0.299. The van der Waals surface area contributed by atoms with Gasteiger partial charge < -0.3 is 5.11 Å². The van der Waals surface area contributed by atoms with E-state index in [2.05, 4.69) is 25.7 Å². The van der Waals surface area contributed by atoms with Gasteiger partial charge in [0, 0.05) is 6.04 Å². The van der Waals surface area contributed by atoms with Crippen molar-refractivity contribution in [2.24, 2.45) is 0 Å². The van der Waals surface area contributed by atoms with Crippen LogP contribution in [0.25, 0.3) is 0 Å². The van der Waals surface area contributed by atoms with E-state index in [4.69, 9.17) is 0 Å². The second-order valence-corrected chi connectivity index (χ2v) is 3.67. The first kappa shape index (κ1) is 12.9. The Hall–Kier alpha value is -0.0800. The van der Waals surface area contributed by atoms with Gasteiger partial charge in [-0.15, -0.1) is 0 Å². The molecule has 0 saturated carbocycles. The van der Waals surface area contributed by atoms with Crippen molar-refractivity contribution in [3.05, 3.63) is 0 Å². The lowest BCUT2D eigenvalue weighted by molar-refractivity contribution is -0.0120. The molecule has 0 aliphatic rings. The number of rotatable bonds is 7. The van der Waals surface area contributed by atoms with Gasteiger partial charge in [0.2, 0.25) is 0 Å². The van der Waals surface area contributed by atoms with Gasteiger partial charge in [-0.1, -0.05) is 33.6 Å². The lowest BCUT2D eigenvalue weighted by Gasteiger charge is -2.32. The fraction of sp³-hybridized carbons (Fsp3) is 1.00. The van der Waals surface area contributed by atoms with Gasteiger partial charge in [0.1, 0.15) is 6.23 Å². The maximum Gasteiger partial charge on any atom is 0.104 e. The Labute approximate surface area is 82.9 Å². The Bertz CT molecular complexity index is 115. The Morgan fingerprint density at radius 1 is 1.23 bits per heavy atom. The zero-order valence-corrected chi connectivity index (χ0v) is 9.58. The molecule has 2 atom stereocenters. The quantitative estimate of drug-likeness (QED) is 0.619. The average molecular weight is 187 g/mol. The molecule has 2 unspecified atom stereocenters. The number of nitrogens with zero attached hydrogens (tertiary/aromatic N) is 1. The number of aliphatic hydroxyl groups is 1. The maximum absolute atomic E-state index is 9.54. The number of unbranched alkanes of at least 4 members (excludes halogenated alkanes) is 1. The molecule has 0 aliphatic heterocycles. The van der Waals surface area contributed by atoms with Crippen LogP contribution in [-0.2, 0) is 0 Å². The lowest BCUT2D eigenvalue weighted by Crippen LogP contribution is -2.41. The summed E-state index contributed by atoms with van der Waals surface area (Å²) < 4.78 is 0. The van der Waals surface area contributed by atoms with Crippen molar-refractivity contribution < 1.29 is 5.11 Å². The fourth-order valence-electron chi connectivity index (χ4n) is 1.87. The SMILES string of the molecule is CCCCC(CC)N(CC)C(C)O. The van der Waals surface area contributed by atoms with Crippen LogP contribution in [-0.4, -0.2) is 28.8 Å². The third kappa shape index (κ3) is 4.63. The standard InChI is InChI=1S/C11H25NO/c1-5-8-9-11(6-2)12(7-3)10(4)13/h10-11,13H,5-9H2,1-4H3. The van der Waals surface area contributed by atoms with Crippen molar-refractivity contribution in [3.63, 3.8) is 0 Å². The topological polar surface area (TPSA) is 23.5 Å². The van der Waals surface area contributed by atoms with Gasteiger partial charge in [0.05, 0.1) is 0 Å². The van der Waals surface area contributed by atoms with Crippen molar-refractivity contribution in [1.29, 1.82) is 0 Å². The van der Waals surface area contributed by atoms with Crippen LogP contribution < -0.4 is 0 Å². The molecule has 0 radical (unpaired) electrons. The zero-order valence-electron chi connectivity index (χ0n) is 9.58. The second-order valence-electron chi connectivity index (χ2n) is 3.67. The van der Waals surface area contributed by atoms with Gasteiger partial charge in [-0.25, -0.2) is 0 Å². The van der Waals surface area contributed by atoms with Gasteiger partial charge in [-0.2, -0.15) is 0 Å². The van der Waals surface area contributed by atoms with Gasteiger partial charge in [0.15, 0.2) is 0 Å². The van der Waals surface area contributed by atoms with E-state index in [0.29, 0.717) is 6.04 Å². The molecule has 0 aliphatic carbocycles. The van der Waals surface area contributed by atoms with E-state index in [1.807, 2.05) is 6.92 Å². The van der Waals surface area contributed by atoms with E-state index in [1.54, 1.807) is 0 Å². The van der Waals surface area contributed by atoms with Crippen LogP contribution in [0.1, 0.15) is 53.4 Å². The van der Waals surface area contributed by atoms with Crippen molar-refractivity contribution in [1.82, 2.24) is 4.90 Å². The van der Waals surface area contributed by atoms with Gasteiger partial charge in [0.25, 0.3) is 0 Å². The molecule has 2 nitrogen and oxygen atoms in total. The van der Waals surface area contributed by atoms with E-state index < -0.39 is 0 Å². The third-order valence-corrected chi connectivity index (χ3v) is 2.68. The van der Waals surface area contributed by atoms with Crippen LogP contribution in [0.2, 0.25) is 0 Å². The minimum Gasteiger partial charge on any atom is -0.379 e. The van der Waals surface area contributed by atoms with E-state index in [-0.39, 0.29) is 6.23 Å². The summed E-state index contributed by atoms with van der Waals surface area (Å²) in [5.74, 6) is 0. The molecular formula is C11H25NO. The highest BCUT2D eigenvalue weighted by atomic mass is 16.3. The number of hydrogen-bond acceptors (Lipinski definition) is 2. The Kier molecular flexibility index (Phi) is 7.29. The van der Waals surface area contributed by atoms with Gasteiger partial charge >= 0.3 is 0 Å². The zero-order chi connectivity index (χ0) is 10.3. The summed E-state index contributed by atoms with van der Waals surface area (Å²) in [6, 6.07) is 0.560. The van der Waals surface area contributed by atoms with Crippen LogP contribution in [0.15, 0.2) is 0 Å². The first-order chi connectivity index (χ1) is 6.17. The van der Waals surface area contributed by atoms with Crippen LogP contribution in [0, 0.1) is 0 Å². The molecule has 0 amide bonds. The van der Waals surface area contributed by atoms with Crippen molar-refractivity contribution in [2.45, 2.75) is 65.6 Å². The van der Waals surface area contributed by atoms with Crippen molar-refractivity contribution in [3.8, 4) is 0 Å². The highest BCUT2D eigenvalue weighted by Crippen LogP contribution is 2.14. The molecule has 13 heavy (non-hydrogen) atoms. The van der Waals surface area contributed by atoms with E-state index in [1.165, 1.54) is 19.3 Å². The summed E-state index contributed by atoms with van der Waals surface area (Å²) >= 11 is 0. The highest BCUT2D eigenvalue weighted by molar-refractivity contribution is 4.69. The molecule has 0 spiro atoms. The summed E-state index contributed by atoms with van der Waals surface area (Å²) in [6.07, 6.45) is 4.56. The van der Waals surface area contributed by atoms with Crippen molar-refractivity contribution in [2.75, 3.05) is 6.54 Å². The van der Waals surface area contributed by atoms with Gasteiger partial charge in [-0.05, 0) is 26.3 Å². The van der Waals surface area contributed by atoms with E-state index >= 15 is 0 Å². The largest absolute Gasteiger partial charge is 0.379 e. The molecule has 0 heterocycles. The second kappa shape index (κ2) is 7.34. The molecule has 0 bridgehead atoms. The highest BCUT2D eigenvalue weighted by Gasteiger charge is 2.17. The first-order valence-corrected chi connectivity index (χ1v) is 5.61. The molecular weight excluding hydrogens is 162 g/mol. The number of aliphatic hydroxyl groups excluding tert-OH is 1. The molecule has 0 aromatic rings. The summed E-state index contributed by atoms with van der Waals surface area (Å²) in [5.41, 5.74) is 0. The number of hydrogen-bond donors (Lipinski definition) is 1. The van der Waals surface area contributed by atoms with Crippen molar-refractivity contribution >= 4 is 0 Å². The fourth-order valence-corrected chi connectivity index (χ4v) is 1.87. The maximum atomic E-state index is 9.54. The van der Waals surface area contributed by atoms with Crippen LogP contribution in [0.5, 0.6) is 0 Å². The molecule has 80 valence electrons. The normalized spacial score (nSPS) is 16.2. The van der Waals surface area contributed by atoms with E-state index in [0.717, 1.165) is 13.0 Å². The summed E-state index contributed by atoms with van der Waals surface area (Å²) in [7, 11) is 0. The molecule has 0 aromatic heterocycles. The van der Waals surface area contributed by atoms with Crippen LogP contribution in [0.3, 0.4) is 0 Å². The molecule has 0 saturated heterocycles. The lowest BCUT2D eigenvalue weighted by atomic mass is 10.1. The third-order valence-electron chi connectivity index (χ3n) is 2.68. The molecule has 0 aromatic carbocycles. The molecule has 0 rings (SSSR count). The van der Waals surface area contributed by atoms with E-state index in [9.17, 15) is 5.11 Å². The summed E-state index contributed by atoms with van der Waals surface area (Å²) in [4.78, 5) is 2.18. The summed E-state index contributed by atoms with van der Waals surface area (Å²) in [6.45, 7) is 9.33. The Morgan fingerprint density at radius 2 is 1.85 bits per heavy atom. The van der Waals surface area contributed by atoms with Crippen LogP contribution >= 0.6 is 0 Å². The Balaban J connectivity index is 4.00.